The second kappa shape index (κ2) is 5.42. The van der Waals surface area contributed by atoms with Gasteiger partial charge in [0.2, 0.25) is 0 Å². The van der Waals surface area contributed by atoms with Gasteiger partial charge in [-0.2, -0.15) is 0 Å². The minimum Gasteiger partial charge on any atom is -0.493 e. The van der Waals surface area contributed by atoms with Crippen molar-refractivity contribution >= 4 is 39.1 Å². The molecule has 0 aliphatic rings. The van der Waals surface area contributed by atoms with Crippen molar-refractivity contribution in [1.29, 1.82) is 0 Å². The third kappa shape index (κ3) is 4.62. The van der Waals surface area contributed by atoms with Gasteiger partial charge < -0.3 is 4.74 Å². The maximum Gasteiger partial charge on any atom is 0.122 e. The summed E-state index contributed by atoms with van der Waals surface area (Å²) < 4.78 is 5.62. The van der Waals surface area contributed by atoms with Crippen molar-refractivity contribution in [3.05, 3.63) is 28.2 Å². The summed E-state index contributed by atoms with van der Waals surface area (Å²) in [6.45, 7) is 4.86. The van der Waals surface area contributed by atoms with Crippen LogP contribution in [0.5, 0.6) is 5.75 Å². The Bertz CT molecular complexity index is 319. The Labute approximate surface area is 109 Å². The minimum absolute atomic E-state index is 0.0921. The molecule has 0 radical (unpaired) electrons. The molecule has 15 heavy (non-hydrogen) atoms. The van der Waals surface area contributed by atoms with Crippen molar-refractivity contribution in [2.75, 3.05) is 11.9 Å². The molecule has 0 aromatic heterocycles. The Kier molecular flexibility index (Phi) is 4.75. The number of alkyl halides is 1. The van der Waals surface area contributed by atoms with Gasteiger partial charge in [-0.15, -0.1) is 0 Å². The number of hydrogen-bond donors (Lipinski definition) is 0. The Morgan fingerprint density at radius 3 is 2.20 bits per heavy atom. The molecule has 0 spiro atoms. The predicted molar refractivity (Wildman–Crippen MR) is 69.5 cm³/mol. The first-order chi connectivity index (χ1) is 6.93. The molecule has 4 heteroatoms. The van der Waals surface area contributed by atoms with E-state index in [9.17, 15) is 0 Å². The van der Waals surface area contributed by atoms with Crippen molar-refractivity contribution in [1.82, 2.24) is 0 Å². The van der Waals surface area contributed by atoms with Gasteiger partial charge in [0, 0.05) is 20.8 Å². The Morgan fingerprint density at radius 1 is 1.20 bits per heavy atom. The van der Waals surface area contributed by atoms with Gasteiger partial charge in [0.15, 0.2) is 0 Å². The highest BCUT2D eigenvalue weighted by atomic mass is 79.9. The molecule has 0 heterocycles. The van der Waals surface area contributed by atoms with Crippen LogP contribution in [0.4, 0.5) is 0 Å². The third-order valence-electron chi connectivity index (χ3n) is 1.83. The molecule has 1 aromatic rings. The molecule has 1 nitrogen and oxygen atoms in total. The molecular formula is C11H13BrCl2O. The lowest BCUT2D eigenvalue weighted by Crippen LogP contribution is -2.22. The van der Waals surface area contributed by atoms with Gasteiger partial charge >= 0.3 is 0 Å². The number of hydrogen-bond acceptors (Lipinski definition) is 1. The summed E-state index contributed by atoms with van der Waals surface area (Å²) in [6, 6.07) is 5.21. The quantitative estimate of drug-likeness (QED) is 0.726. The van der Waals surface area contributed by atoms with E-state index in [0.717, 1.165) is 5.33 Å². The highest BCUT2D eigenvalue weighted by molar-refractivity contribution is 9.09. The molecule has 0 atom stereocenters. The Morgan fingerprint density at radius 2 is 1.73 bits per heavy atom. The molecule has 1 aromatic carbocycles. The Balaban J connectivity index is 2.65. The van der Waals surface area contributed by atoms with Gasteiger partial charge in [0.1, 0.15) is 5.75 Å². The van der Waals surface area contributed by atoms with Crippen LogP contribution in [0.1, 0.15) is 13.8 Å². The molecule has 0 amide bonds. The van der Waals surface area contributed by atoms with Crippen molar-refractivity contribution < 1.29 is 4.74 Å². The molecule has 0 bridgehead atoms. The summed E-state index contributed by atoms with van der Waals surface area (Å²) in [5, 5.41) is 2.07. The number of rotatable bonds is 4. The van der Waals surface area contributed by atoms with E-state index in [1.165, 1.54) is 0 Å². The highest BCUT2D eigenvalue weighted by Gasteiger charge is 2.17. The molecule has 0 saturated carbocycles. The first kappa shape index (κ1) is 13.1. The van der Waals surface area contributed by atoms with E-state index < -0.39 is 0 Å². The summed E-state index contributed by atoms with van der Waals surface area (Å²) in [7, 11) is 0. The smallest absolute Gasteiger partial charge is 0.122 e. The van der Waals surface area contributed by atoms with E-state index in [-0.39, 0.29) is 5.41 Å². The van der Waals surface area contributed by atoms with E-state index >= 15 is 0 Å². The largest absolute Gasteiger partial charge is 0.493 e. The lowest BCUT2D eigenvalue weighted by Gasteiger charge is -2.21. The van der Waals surface area contributed by atoms with Gasteiger partial charge in [0.25, 0.3) is 0 Å². The second-order valence-corrected chi connectivity index (χ2v) is 5.63. The lowest BCUT2D eigenvalue weighted by atomic mass is 9.98. The van der Waals surface area contributed by atoms with E-state index in [4.69, 9.17) is 27.9 Å². The van der Waals surface area contributed by atoms with Gasteiger partial charge in [-0.05, 0) is 18.2 Å². The fourth-order valence-corrected chi connectivity index (χ4v) is 1.60. The number of ether oxygens (including phenoxy) is 1. The maximum atomic E-state index is 5.86. The van der Waals surface area contributed by atoms with Crippen LogP contribution in [0, 0.1) is 5.41 Å². The fraction of sp³-hybridized carbons (Fsp3) is 0.455. The highest BCUT2D eigenvalue weighted by Crippen LogP contribution is 2.26. The van der Waals surface area contributed by atoms with Crippen molar-refractivity contribution in [3.63, 3.8) is 0 Å². The summed E-state index contributed by atoms with van der Waals surface area (Å²) >= 11 is 15.2. The van der Waals surface area contributed by atoms with E-state index in [1.807, 2.05) is 0 Å². The van der Waals surface area contributed by atoms with E-state index in [2.05, 4.69) is 29.8 Å². The summed E-state index contributed by atoms with van der Waals surface area (Å²) in [6.07, 6.45) is 0. The first-order valence-corrected chi connectivity index (χ1v) is 6.45. The SMILES string of the molecule is CC(C)(CBr)COc1cc(Cl)cc(Cl)c1. The molecule has 1 rings (SSSR count). The molecule has 84 valence electrons. The molecule has 0 N–H and O–H groups in total. The zero-order chi connectivity index (χ0) is 11.5. The zero-order valence-corrected chi connectivity index (χ0v) is 11.8. The van der Waals surface area contributed by atoms with Crippen LogP contribution in [0.25, 0.3) is 0 Å². The normalized spacial score (nSPS) is 11.5. The molecule has 0 fully saturated rings. The standard InChI is InChI=1S/C11H13BrCl2O/c1-11(2,6-12)7-15-10-4-8(13)3-9(14)5-10/h3-5H,6-7H2,1-2H3. The van der Waals surface area contributed by atoms with Crippen molar-refractivity contribution in [3.8, 4) is 5.75 Å². The van der Waals surface area contributed by atoms with Crippen molar-refractivity contribution in [2.45, 2.75) is 13.8 Å². The average Bonchev–Trinajstić information content (AvgIpc) is 2.14. The van der Waals surface area contributed by atoms with Crippen LogP contribution in [0.3, 0.4) is 0 Å². The molecule has 0 unspecified atom stereocenters. The first-order valence-electron chi connectivity index (χ1n) is 4.58. The van der Waals surface area contributed by atoms with E-state index in [0.29, 0.717) is 22.4 Å². The Hall–Kier alpha value is 0.0800. The molecule has 0 saturated heterocycles. The van der Waals surface area contributed by atoms with Crippen LogP contribution in [0.15, 0.2) is 18.2 Å². The average molecular weight is 312 g/mol. The van der Waals surface area contributed by atoms with Crippen LogP contribution in [-0.2, 0) is 0 Å². The maximum absolute atomic E-state index is 5.86. The predicted octanol–water partition coefficient (Wildman–Crippen LogP) is 4.79. The molecule has 0 aliphatic carbocycles. The number of benzene rings is 1. The lowest BCUT2D eigenvalue weighted by molar-refractivity contribution is 0.203. The van der Waals surface area contributed by atoms with Crippen LogP contribution >= 0.6 is 39.1 Å². The molecular weight excluding hydrogens is 299 g/mol. The second-order valence-electron chi connectivity index (χ2n) is 4.19. The van der Waals surface area contributed by atoms with Gasteiger partial charge in [-0.3, -0.25) is 0 Å². The monoisotopic (exact) mass is 310 g/mol. The molecule has 0 aliphatic heterocycles. The number of halogens is 3. The van der Waals surface area contributed by atoms with Crippen LogP contribution < -0.4 is 4.74 Å². The minimum atomic E-state index is 0.0921. The summed E-state index contributed by atoms with van der Waals surface area (Å²) in [5.74, 6) is 0.710. The van der Waals surface area contributed by atoms with E-state index in [1.54, 1.807) is 18.2 Å². The topological polar surface area (TPSA) is 9.23 Å². The van der Waals surface area contributed by atoms with Gasteiger partial charge in [-0.1, -0.05) is 53.0 Å². The van der Waals surface area contributed by atoms with Gasteiger partial charge in [-0.25, -0.2) is 0 Å². The van der Waals surface area contributed by atoms with Crippen LogP contribution in [-0.4, -0.2) is 11.9 Å². The van der Waals surface area contributed by atoms with Crippen LogP contribution in [0.2, 0.25) is 10.0 Å². The van der Waals surface area contributed by atoms with Gasteiger partial charge in [0.05, 0.1) is 6.61 Å². The zero-order valence-electron chi connectivity index (χ0n) is 8.69. The third-order valence-corrected chi connectivity index (χ3v) is 3.78. The summed E-state index contributed by atoms with van der Waals surface area (Å²) in [4.78, 5) is 0. The summed E-state index contributed by atoms with van der Waals surface area (Å²) in [5.41, 5.74) is 0.0921. The fourth-order valence-electron chi connectivity index (χ4n) is 0.929. The van der Waals surface area contributed by atoms with Crippen molar-refractivity contribution in [2.24, 2.45) is 5.41 Å².